The summed E-state index contributed by atoms with van der Waals surface area (Å²) in [6, 6.07) is 2.27. The first-order chi connectivity index (χ1) is 10.7. The zero-order valence-electron chi connectivity index (χ0n) is 13.4. The van der Waals surface area contributed by atoms with Crippen LogP contribution in [0.5, 0.6) is 0 Å². The molecule has 0 bridgehead atoms. The van der Waals surface area contributed by atoms with Crippen molar-refractivity contribution in [1.82, 2.24) is 9.55 Å². The Balaban J connectivity index is 2.27. The van der Waals surface area contributed by atoms with Crippen molar-refractivity contribution in [1.29, 1.82) is 0 Å². The number of rotatable bonds is 6. The van der Waals surface area contributed by atoms with Gasteiger partial charge in [-0.3, -0.25) is 14.3 Å². The molecule has 9 heteroatoms. The highest BCUT2D eigenvalue weighted by Gasteiger charge is 2.36. The summed E-state index contributed by atoms with van der Waals surface area (Å²) < 4.78 is 6.79. The van der Waals surface area contributed by atoms with Gasteiger partial charge in [-0.05, 0) is 11.8 Å². The van der Waals surface area contributed by atoms with Crippen LogP contribution in [-0.2, 0) is 4.74 Å². The molecule has 1 aromatic rings. The topological polar surface area (TPSA) is 105 Å². The van der Waals surface area contributed by atoms with Crippen LogP contribution < -0.4 is 11.2 Å². The lowest BCUT2D eigenvalue weighted by Crippen LogP contribution is -2.32. The number of ether oxygens (including phenoxy) is 1. The van der Waals surface area contributed by atoms with Gasteiger partial charge in [-0.1, -0.05) is 19.6 Å². The molecular weight excluding hydrogens is 336 g/mol. The Kier molecular flexibility index (Phi) is 5.56. The fourth-order valence-corrected chi connectivity index (χ4v) is 5.78. The number of aliphatic hydroxyl groups is 2. The quantitative estimate of drug-likeness (QED) is 0.662. The van der Waals surface area contributed by atoms with Gasteiger partial charge < -0.3 is 14.9 Å². The molecule has 2 heterocycles. The summed E-state index contributed by atoms with van der Waals surface area (Å²) in [5.41, 5.74) is -1.11. The highest BCUT2D eigenvalue weighted by molar-refractivity contribution is 8.03. The molecule has 1 aliphatic heterocycles. The minimum atomic E-state index is -1.23. The number of thioether (sulfide) groups is 1. The Hall–Kier alpha value is -1.29. The number of aromatic amines is 1. The Labute approximate surface area is 139 Å². The van der Waals surface area contributed by atoms with Crippen LogP contribution in [0.3, 0.4) is 0 Å². The SMILES string of the molecule is C[Si](C)(C)CCSC1=C(O)[C@@H](CO)O[C@H]1n1ccc(=O)[nH]c1=O. The number of aromatic nitrogens is 2. The van der Waals surface area contributed by atoms with Crippen molar-refractivity contribution in [2.45, 2.75) is 38.0 Å². The van der Waals surface area contributed by atoms with Gasteiger partial charge in [-0.25, -0.2) is 4.79 Å². The van der Waals surface area contributed by atoms with E-state index in [1.165, 1.54) is 28.6 Å². The maximum atomic E-state index is 12.0. The van der Waals surface area contributed by atoms with E-state index >= 15 is 0 Å². The lowest BCUT2D eigenvalue weighted by atomic mass is 10.3. The van der Waals surface area contributed by atoms with Crippen molar-refractivity contribution >= 4 is 19.8 Å². The second kappa shape index (κ2) is 7.08. The third-order valence-corrected chi connectivity index (χ3v) is 6.70. The Morgan fingerprint density at radius 3 is 2.65 bits per heavy atom. The van der Waals surface area contributed by atoms with Crippen LogP contribution in [-0.4, -0.2) is 46.3 Å². The number of hydrogen-bond donors (Lipinski definition) is 3. The number of nitrogens with zero attached hydrogens (tertiary/aromatic N) is 1. The van der Waals surface area contributed by atoms with Gasteiger partial charge in [0.15, 0.2) is 6.23 Å². The Bertz CT molecular complexity index is 706. The van der Waals surface area contributed by atoms with Gasteiger partial charge >= 0.3 is 5.69 Å². The third-order valence-electron chi connectivity index (χ3n) is 3.45. The van der Waals surface area contributed by atoms with E-state index in [0.717, 1.165) is 11.8 Å². The van der Waals surface area contributed by atoms with E-state index in [4.69, 9.17) is 4.74 Å². The highest BCUT2D eigenvalue weighted by atomic mass is 32.2. The van der Waals surface area contributed by atoms with Gasteiger partial charge in [0.05, 0.1) is 11.5 Å². The molecule has 1 aromatic heterocycles. The minimum Gasteiger partial charge on any atom is -0.508 e. The van der Waals surface area contributed by atoms with E-state index < -0.39 is 31.7 Å². The molecular formula is C14H22N2O5SSi. The van der Waals surface area contributed by atoms with Gasteiger partial charge in [-0.15, -0.1) is 11.8 Å². The number of hydrogen-bond acceptors (Lipinski definition) is 6. The van der Waals surface area contributed by atoms with Gasteiger partial charge in [0.25, 0.3) is 5.56 Å². The van der Waals surface area contributed by atoms with Crippen molar-refractivity contribution in [3.05, 3.63) is 43.8 Å². The van der Waals surface area contributed by atoms with E-state index in [1.54, 1.807) is 0 Å². The second-order valence-corrected chi connectivity index (χ2v) is 13.3. The minimum absolute atomic E-state index is 0.0452. The molecule has 0 radical (unpaired) electrons. The average Bonchev–Trinajstić information content (AvgIpc) is 2.75. The maximum Gasteiger partial charge on any atom is 0.330 e. The van der Waals surface area contributed by atoms with E-state index in [-0.39, 0.29) is 12.4 Å². The van der Waals surface area contributed by atoms with Crippen molar-refractivity contribution in [2.24, 2.45) is 0 Å². The lowest BCUT2D eigenvalue weighted by Gasteiger charge is -2.19. The predicted octanol–water partition coefficient (Wildman–Crippen LogP) is 1.27. The number of aliphatic hydroxyl groups excluding tert-OH is 2. The molecule has 2 atom stereocenters. The van der Waals surface area contributed by atoms with E-state index in [2.05, 4.69) is 24.6 Å². The summed E-state index contributed by atoms with van der Waals surface area (Å²) in [4.78, 5) is 25.8. The van der Waals surface area contributed by atoms with Crippen LogP contribution in [0.4, 0.5) is 0 Å². The van der Waals surface area contributed by atoms with Gasteiger partial charge in [0.2, 0.25) is 0 Å². The molecule has 0 saturated carbocycles. The number of nitrogens with one attached hydrogen (secondary N) is 1. The summed E-state index contributed by atoms with van der Waals surface area (Å²) in [5.74, 6) is 0.752. The second-order valence-electron chi connectivity index (χ2n) is 6.59. The molecule has 0 amide bonds. The van der Waals surface area contributed by atoms with Gasteiger partial charge in [0.1, 0.15) is 11.9 Å². The summed E-state index contributed by atoms with van der Waals surface area (Å²) in [5, 5.41) is 19.6. The molecule has 0 unspecified atom stereocenters. The third kappa shape index (κ3) is 4.37. The van der Waals surface area contributed by atoms with Gasteiger partial charge in [-0.2, -0.15) is 0 Å². The van der Waals surface area contributed by atoms with Crippen molar-refractivity contribution in [2.75, 3.05) is 12.4 Å². The summed E-state index contributed by atoms with van der Waals surface area (Å²) in [7, 11) is -1.23. The zero-order chi connectivity index (χ0) is 17.2. The lowest BCUT2D eigenvalue weighted by molar-refractivity contribution is -0.0259. The largest absolute Gasteiger partial charge is 0.508 e. The Morgan fingerprint density at radius 2 is 2.09 bits per heavy atom. The van der Waals surface area contributed by atoms with Crippen molar-refractivity contribution < 1.29 is 14.9 Å². The van der Waals surface area contributed by atoms with Crippen LogP contribution in [0.25, 0.3) is 0 Å². The van der Waals surface area contributed by atoms with E-state index in [0.29, 0.717) is 4.91 Å². The van der Waals surface area contributed by atoms with E-state index in [9.17, 15) is 19.8 Å². The zero-order valence-corrected chi connectivity index (χ0v) is 15.2. The number of H-pyrrole nitrogens is 1. The molecule has 3 N–H and O–H groups in total. The molecule has 0 aromatic carbocycles. The Morgan fingerprint density at radius 1 is 1.39 bits per heavy atom. The van der Waals surface area contributed by atoms with Crippen molar-refractivity contribution in [3.8, 4) is 0 Å². The first-order valence-corrected chi connectivity index (χ1v) is 12.1. The smallest absolute Gasteiger partial charge is 0.330 e. The van der Waals surface area contributed by atoms with Crippen LogP contribution in [0.2, 0.25) is 25.7 Å². The van der Waals surface area contributed by atoms with E-state index in [1.807, 2.05) is 0 Å². The van der Waals surface area contributed by atoms with Crippen LogP contribution in [0.15, 0.2) is 32.5 Å². The van der Waals surface area contributed by atoms with Crippen LogP contribution in [0.1, 0.15) is 6.23 Å². The molecule has 0 spiro atoms. The summed E-state index contributed by atoms with van der Waals surface area (Å²) in [6.45, 7) is 6.40. The van der Waals surface area contributed by atoms with Crippen LogP contribution in [0, 0.1) is 0 Å². The molecule has 0 aliphatic carbocycles. The molecule has 1 aliphatic rings. The predicted molar refractivity (Wildman–Crippen MR) is 92.6 cm³/mol. The van der Waals surface area contributed by atoms with Gasteiger partial charge in [0, 0.05) is 20.3 Å². The highest BCUT2D eigenvalue weighted by Crippen LogP contribution is 2.40. The summed E-state index contributed by atoms with van der Waals surface area (Å²) in [6.07, 6.45) is -0.353. The maximum absolute atomic E-state index is 12.0. The fraction of sp³-hybridized carbons (Fsp3) is 0.571. The molecule has 2 rings (SSSR count). The first-order valence-electron chi connectivity index (χ1n) is 7.36. The molecule has 0 saturated heterocycles. The molecule has 0 fully saturated rings. The fourth-order valence-electron chi connectivity index (χ4n) is 2.11. The average molecular weight is 358 g/mol. The van der Waals surface area contributed by atoms with Crippen molar-refractivity contribution in [3.63, 3.8) is 0 Å². The first kappa shape index (κ1) is 18.1. The normalized spacial score (nSPS) is 21.9. The molecule has 128 valence electrons. The standard InChI is InChI=1S/C14H22N2O5SSi/c1-23(2,3)7-6-22-12-11(19)9(8-17)21-13(12)16-5-4-10(18)15-14(16)20/h4-5,9,13,17,19H,6-8H2,1-3H3,(H,15,18,20)/t9-,13-/m1/s1. The molecule has 7 nitrogen and oxygen atoms in total. The monoisotopic (exact) mass is 358 g/mol. The summed E-state index contributed by atoms with van der Waals surface area (Å²) >= 11 is 1.43. The molecule has 23 heavy (non-hydrogen) atoms. The van der Waals surface area contributed by atoms with Crippen LogP contribution >= 0.6 is 11.8 Å².